The summed E-state index contributed by atoms with van der Waals surface area (Å²) in [5.74, 6) is -0.355. The van der Waals surface area contributed by atoms with E-state index in [1.807, 2.05) is 0 Å². The summed E-state index contributed by atoms with van der Waals surface area (Å²) in [7, 11) is -4.33. The van der Waals surface area contributed by atoms with Crippen molar-refractivity contribution in [1.82, 2.24) is 19.5 Å². The summed E-state index contributed by atoms with van der Waals surface area (Å²) in [5, 5.41) is 2.81. The molecule has 4 heterocycles. The number of phosphoric acid groups is 1. The second-order valence-electron chi connectivity index (χ2n) is 10.3. The Morgan fingerprint density at radius 1 is 1.05 bits per heavy atom. The summed E-state index contributed by atoms with van der Waals surface area (Å²) in [6, 6.07) is 0. The molecule has 13 nitrogen and oxygen atoms in total. The van der Waals surface area contributed by atoms with Gasteiger partial charge in [0.25, 0.3) is 0 Å². The van der Waals surface area contributed by atoms with E-state index in [2.05, 4.69) is 34.1 Å². The molecular weight excluding hydrogens is 541 g/mol. The summed E-state index contributed by atoms with van der Waals surface area (Å²) >= 11 is 0. The number of phosphoric ester groups is 1. The van der Waals surface area contributed by atoms with E-state index in [9.17, 15) is 19.0 Å². The van der Waals surface area contributed by atoms with Gasteiger partial charge in [-0.05, 0) is 12.8 Å². The SMILES string of the molecule is CCCCCCCC(=O)Nc1ncnc2c1ncn2[C@@H]1O[C@@H]2COP(=O)(O)O[C@H]2[C@H]1OC(=O)CCCCCCC. The zero-order valence-electron chi connectivity index (χ0n) is 23.2. The Bertz CT molecular complexity index is 1190. The molecule has 2 aliphatic rings. The third kappa shape index (κ3) is 7.85. The number of carbonyl (C=O) groups excluding carboxylic acids is 2. The molecule has 222 valence electrons. The predicted octanol–water partition coefficient (Wildman–Crippen LogP) is 4.81. The molecule has 0 spiro atoms. The van der Waals surface area contributed by atoms with Gasteiger partial charge in [-0.3, -0.25) is 23.2 Å². The van der Waals surface area contributed by atoms with Gasteiger partial charge in [0.1, 0.15) is 18.5 Å². The van der Waals surface area contributed by atoms with Crippen molar-refractivity contribution in [3.8, 4) is 0 Å². The highest BCUT2D eigenvalue weighted by molar-refractivity contribution is 7.47. The van der Waals surface area contributed by atoms with E-state index in [-0.39, 0.29) is 24.8 Å². The molecule has 14 heteroatoms. The first-order valence-electron chi connectivity index (χ1n) is 14.3. The van der Waals surface area contributed by atoms with Gasteiger partial charge in [-0.25, -0.2) is 19.5 Å². The first kappa shape index (κ1) is 30.5. The van der Waals surface area contributed by atoms with Crippen molar-refractivity contribution in [2.45, 2.75) is 115 Å². The fraction of sp³-hybridized carbons (Fsp3) is 0.731. The molecular formula is C26H40N5O8P. The van der Waals surface area contributed by atoms with Crippen LogP contribution >= 0.6 is 7.82 Å². The Hall–Kier alpha value is -2.44. The minimum atomic E-state index is -4.33. The van der Waals surface area contributed by atoms with Crippen LogP contribution in [0.15, 0.2) is 12.7 Å². The first-order valence-corrected chi connectivity index (χ1v) is 15.8. The minimum Gasteiger partial charge on any atom is -0.455 e. The second kappa shape index (κ2) is 14.5. The number of nitrogens with zero attached hydrogens (tertiary/aromatic N) is 4. The largest absolute Gasteiger partial charge is 0.472 e. The molecule has 0 saturated carbocycles. The van der Waals surface area contributed by atoms with Crippen molar-refractivity contribution in [3.63, 3.8) is 0 Å². The molecule has 1 unspecified atom stereocenters. The molecule has 5 atom stereocenters. The number of ether oxygens (including phenoxy) is 2. The maximum atomic E-state index is 12.8. The number of imidazole rings is 1. The van der Waals surface area contributed by atoms with E-state index < -0.39 is 38.3 Å². The average Bonchev–Trinajstić information content (AvgIpc) is 3.50. The second-order valence-corrected chi connectivity index (χ2v) is 11.7. The van der Waals surface area contributed by atoms with Crippen LogP contribution in [0.4, 0.5) is 5.82 Å². The number of esters is 1. The van der Waals surface area contributed by atoms with Crippen LogP contribution in [-0.4, -0.2) is 61.2 Å². The van der Waals surface area contributed by atoms with Gasteiger partial charge in [-0.2, -0.15) is 0 Å². The molecule has 0 aliphatic carbocycles. The van der Waals surface area contributed by atoms with Crippen molar-refractivity contribution < 1.29 is 37.6 Å². The lowest BCUT2D eigenvalue weighted by atomic mass is 10.1. The summed E-state index contributed by atoms with van der Waals surface area (Å²) in [4.78, 5) is 48.2. The highest BCUT2D eigenvalue weighted by Gasteiger charge is 2.55. The van der Waals surface area contributed by atoms with Crippen molar-refractivity contribution in [1.29, 1.82) is 0 Å². The number of amides is 1. The van der Waals surface area contributed by atoms with Crippen LogP contribution in [0.2, 0.25) is 0 Å². The van der Waals surface area contributed by atoms with Crippen LogP contribution in [0, 0.1) is 0 Å². The van der Waals surface area contributed by atoms with E-state index in [0.717, 1.165) is 57.8 Å². The average molecular weight is 582 g/mol. The molecule has 0 aromatic carbocycles. The zero-order valence-corrected chi connectivity index (χ0v) is 24.1. The monoisotopic (exact) mass is 581 g/mol. The molecule has 2 aromatic rings. The molecule has 0 radical (unpaired) electrons. The number of nitrogens with one attached hydrogen (secondary N) is 1. The lowest BCUT2D eigenvalue weighted by Crippen LogP contribution is -2.41. The van der Waals surface area contributed by atoms with Gasteiger partial charge in [0.15, 0.2) is 29.3 Å². The number of hydrogen-bond acceptors (Lipinski definition) is 10. The quantitative estimate of drug-likeness (QED) is 0.168. The van der Waals surface area contributed by atoms with Gasteiger partial charge >= 0.3 is 13.8 Å². The summed E-state index contributed by atoms with van der Waals surface area (Å²) in [5.41, 5.74) is 0.678. The summed E-state index contributed by atoms with van der Waals surface area (Å²) < 4.78 is 35.9. The maximum absolute atomic E-state index is 12.8. The molecule has 2 aliphatic heterocycles. The number of unbranched alkanes of at least 4 members (excludes halogenated alkanes) is 8. The maximum Gasteiger partial charge on any atom is 0.472 e. The fourth-order valence-corrected chi connectivity index (χ4v) is 5.93. The van der Waals surface area contributed by atoms with Crippen molar-refractivity contribution >= 4 is 36.7 Å². The van der Waals surface area contributed by atoms with Crippen LogP contribution in [0.1, 0.15) is 97.1 Å². The van der Waals surface area contributed by atoms with E-state index >= 15 is 0 Å². The van der Waals surface area contributed by atoms with Gasteiger partial charge in [-0.15, -0.1) is 0 Å². The molecule has 2 saturated heterocycles. The van der Waals surface area contributed by atoms with Crippen molar-refractivity contribution in [2.24, 2.45) is 0 Å². The van der Waals surface area contributed by atoms with Gasteiger partial charge in [-0.1, -0.05) is 65.2 Å². The first-order chi connectivity index (χ1) is 19.3. The summed E-state index contributed by atoms with van der Waals surface area (Å²) in [6.45, 7) is 4.06. The molecule has 2 aromatic heterocycles. The van der Waals surface area contributed by atoms with Crippen molar-refractivity contribution in [2.75, 3.05) is 11.9 Å². The Morgan fingerprint density at radius 2 is 1.75 bits per heavy atom. The topological polar surface area (TPSA) is 164 Å². The Balaban J connectivity index is 1.49. The van der Waals surface area contributed by atoms with Crippen LogP contribution in [0.5, 0.6) is 0 Å². The van der Waals surface area contributed by atoms with E-state index in [1.54, 1.807) is 4.57 Å². The number of carbonyl (C=O) groups is 2. The molecule has 2 N–H and O–H groups in total. The Kier molecular flexibility index (Phi) is 11.0. The highest BCUT2D eigenvalue weighted by Crippen LogP contribution is 2.53. The third-order valence-corrected chi connectivity index (χ3v) is 8.08. The normalized spacial score (nSPS) is 26.1. The lowest BCUT2D eigenvalue weighted by molar-refractivity contribution is -0.158. The number of fused-ring (bicyclic) bond motifs is 2. The molecule has 1 amide bonds. The van der Waals surface area contributed by atoms with Gasteiger partial charge in [0.05, 0.1) is 12.9 Å². The fourth-order valence-electron chi connectivity index (χ4n) is 4.97. The molecule has 0 bridgehead atoms. The molecule has 2 fully saturated rings. The van der Waals surface area contributed by atoms with Crippen molar-refractivity contribution in [3.05, 3.63) is 12.7 Å². The van der Waals surface area contributed by atoms with Crippen LogP contribution in [0.3, 0.4) is 0 Å². The lowest BCUT2D eigenvalue weighted by Gasteiger charge is -2.29. The standard InChI is InChI=1S/C26H40N5O8P/c1-3-5-7-9-11-13-19(32)30-24-21-25(28-16-27-24)31(17-29-21)26-23(38-20(33)14-12-10-8-6-4-2)22-18(37-26)15-36-40(34,35)39-22/h16-18,22-23,26H,3-15H2,1-2H3,(H,34,35)(H,27,28,30,32)/t18-,22-,23-,26-/m1/s1. The van der Waals surface area contributed by atoms with E-state index in [1.165, 1.54) is 12.7 Å². The van der Waals surface area contributed by atoms with Gasteiger partial charge in [0.2, 0.25) is 5.91 Å². The zero-order chi connectivity index (χ0) is 28.5. The van der Waals surface area contributed by atoms with Crippen LogP contribution in [-0.2, 0) is 32.7 Å². The Labute approximate surface area is 234 Å². The molecule has 4 rings (SSSR count). The van der Waals surface area contributed by atoms with Crippen LogP contribution < -0.4 is 5.32 Å². The van der Waals surface area contributed by atoms with Crippen LogP contribution in [0.25, 0.3) is 11.2 Å². The number of hydrogen-bond donors (Lipinski definition) is 2. The van der Waals surface area contributed by atoms with E-state index in [0.29, 0.717) is 24.0 Å². The Morgan fingerprint density at radius 3 is 2.48 bits per heavy atom. The summed E-state index contributed by atoms with van der Waals surface area (Å²) in [6.07, 6.45) is 9.54. The number of rotatable bonds is 15. The predicted molar refractivity (Wildman–Crippen MR) is 145 cm³/mol. The smallest absolute Gasteiger partial charge is 0.455 e. The minimum absolute atomic E-state index is 0.163. The van der Waals surface area contributed by atoms with Gasteiger partial charge in [0, 0.05) is 12.8 Å². The number of aromatic nitrogens is 4. The third-order valence-electron chi connectivity index (χ3n) is 7.09. The van der Waals surface area contributed by atoms with Gasteiger partial charge < -0.3 is 19.7 Å². The van der Waals surface area contributed by atoms with E-state index in [4.69, 9.17) is 18.5 Å². The molecule has 40 heavy (non-hydrogen) atoms. The highest BCUT2D eigenvalue weighted by atomic mass is 31.2. The number of anilines is 1.